The fraction of sp³-hybridized carbons (Fsp3) is 0.769. The van der Waals surface area contributed by atoms with Crippen molar-refractivity contribution < 1.29 is 0 Å². The van der Waals surface area contributed by atoms with Gasteiger partial charge in [0, 0.05) is 31.4 Å². The van der Waals surface area contributed by atoms with Gasteiger partial charge in [-0.1, -0.05) is 20.8 Å². The van der Waals surface area contributed by atoms with E-state index in [9.17, 15) is 0 Å². The monoisotopic (exact) mass is 238 g/mol. The minimum absolute atomic E-state index is 0.109. The normalized spacial score (nSPS) is 15.5. The van der Waals surface area contributed by atoms with Gasteiger partial charge in [-0.05, 0) is 19.4 Å². The van der Waals surface area contributed by atoms with Crippen LogP contribution in [0.4, 0.5) is 0 Å². The van der Waals surface area contributed by atoms with Crippen LogP contribution in [0.25, 0.3) is 0 Å². The van der Waals surface area contributed by atoms with Crippen molar-refractivity contribution in [2.75, 3.05) is 13.1 Å². The molecule has 0 radical (unpaired) electrons. The van der Waals surface area contributed by atoms with Gasteiger partial charge in [-0.25, -0.2) is 0 Å². The van der Waals surface area contributed by atoms with Gasteiger partial charge < -0.3 is 5.73 Å². The summed E-state index contributed by atoms with van der Waals surface area (Å²) >= 11 is 0. The summed E-state index contributed by atoms with van der Waals surface area (Å²) in [7, 11) is 1.94. The molecule has 0 aliphatic heterocycles. The maximum Gasteiger partial charge on any atom is 0.0538 e. The maximum atomic E-state index is 6.15. The third kappa shape index (κ3) is 3.82. The first kappa shape index (κ1) is 14.2. The smallest absolute Gasteiger partial charge is 0.0538 e. The van der Waals surface area contributed by atoms with E-state index in [1.54, 1.807) is 0 Å². The third-order valence-corrected chi connectivity index (χ3v) is 2.96. The third-order valence-electron chi connectivity index (χ3n) is 2.96. The van der Waals surface area contributed by atoms with Crippen LogP contribution < -0.4 is 5.73 Å². The van der Waals surface area contributed by atoms with Crippen molar-refractivity contribution in [3.05, 3.63) is 18.0 Å². The van der Waals surface area contributed by atoms with Crippen molar-refractivity contribution in [3.63, 3.8) is 0 Å². The number of nitrogens with two attached hydrogens (primary N) is 1. The highest BCUT2D eigenvalue weighted by molar-refractivity contribution is 5.13. The minimum Gasteiger partial charge on any atom is -0.326 e. The summed E-state index contributed by atoms with van der Waals surface area (Å²) in [5, 5.41) is 4.25. The molecule has 1 heterocycles. The largest absolute Gasteiger partial charge is 0.326 e. The molecule has 0 aromatic carbocycles. The lowest BCUT2D eigenvalue weighted by molar-refractivity contribution is 0.166. The highest BCUT2D eigenvalue weighted by atomic mass is 15.3. The molecule has 0 aliphatic rings. The summed E-state index contributed by atoms with van der Waals surface area (Å²) in [4.78, 5) is 2.44. The van der Waals surface area contributed by atoms with E-state index < -0.39 is 0 Å². The average Bonchev–Trinajstić information content (AvgIpc) is 2.62. The molecule has 1 aromatic heterocycles. The SMILES string of the molecule is CCN(CC(C)C)C(c1cnn(C)c1)C(C)N. The molecular weight excluding hydrogens is 212 g/mol. The number of rotatable bonds is 6. The number of nitrogens with zero attached hydrogens (tertiary/aromatic N) is 3. The first-order valence-corrected chi connectivity index (χ1v) is 6.43. The maximum absolute atomic E-state index is 6.15. The Morgan fingerprint density at radius 2 is 2.06 bits per heavy atom. The first-order valence-electron chi connectivity index (χ1n) is 6.43. The molecule has 1 aromatic rings. The molecule has 0 bridgehead atoms. The summed E-state index contributed by atoms with van der Waals surface area (Å²) in [6.07, 6.45) is 3.99. The molecule has 98 valence electrons. The van der Waals surface area contributed by atoms with Crippen LogP contribution in [0.5, 0.6) is 0 Å². The molecule has 0 spiro atoms. The molecule has 0 amide bonds. The predicted molar refractivity (Wildman–Crippen MR) is 71.7 cm³/mol. The lowest BCUT2D eigenvalue weighted by atomic mass is 10.0. The van der Waals surface area contributed by atoms with Gasteiger partial charge in [-0.2, -0.15) is 5.10 Å². The predicted octanol–water partition coefficient (Wildman–Crippen LogP) is 1.79. The van der Waals surface area contributed by atoms with Crippen LogP contribution in [0.3, 0.4) is 0 Å². The van der Waals surface area contributed by atoms with E-state index in [0.717, 1.165) is 13.1 Å². The molecule has 1 rings (SSSR count). The molecule has 0 fully saturated rings. The van der Waals surface area contributed by atoms with E-state index in [2.05, 4.69) is 43.9 Å². The van der Waals surface area contributed by atoms with E-state index >= 15 is 0 Å². The summed E-state index contributed by atoms with van der Waals surface area (Å²) in [5.41, 5.74) is 7.36. The van der Waals surface area contributed by atoms with Crippen LogP contribution in [0.2, 0.25) is 0 Å². The van der Waals surface area contributed by atoms with Gasteiger partial charge in [0.25, 0.3) is 0 Å². The second-order valence-corrected chi connectivity index (χ2v) is 5.23. The Hall–Kier alpha value is -0.870. The molecule has 0 saturated carbocycles. The minimum atomic E-state index is 0.109. The van der Waals surface area contributed by atoms with Crippen LogP contribution in [0, 0.1) is 5.92 Å². The summed E-state index contributed by atoms with van der Waals surface area (Å²) in [5.74, 6) is 0.646. The zero-order valence-corrected chi connectivity index (χ0v) is 11.7. The van der Waals surface area contributed by atoms with Crippen molar-refractivity contribution in [2.24, 2.45) is 18.7 Å². The topological polar surface area (TPSA) is 47.1 Å². The Kier molecular flexibility index (Phi) is 5.15. The van der Waals surface area contributed by atoms with E-state index in [4.69, 9.17) is 5.73 Å². The summed E-state index contributed by atoms with van der Waals surface area (Å²) in [6, 6.07) is 0.369. The fourth-order valence-electron chi connectivity index (χ4n) is 2.35. The Morgan fingerprint density at radius 3 is 2.41 bits per heavy atom. The van der Waals surface area contributed by atoms with Crippen LogP contribution in [0.1, 0.15) is 39.3 Å². The zero-order valence-electron chi connectivity index (χ0n) is 11.7. The second kappa shape index (κ2) is 6.17. The van der Waals surface area contributed by atoms with Crippen LogP contribution in [0.15, 0.2) is 12.4 Å². The van der Waals surface area contributed by atoms with Crippen LogP contribution in [-0.4, -0.2) is 33.8 Å². The van der Waals surface area contributed by atoms with Gasteiger partial charge in [0.2, 0.25) is 0 Å². The number of likely N-dealkylation sites (N-methyl/N-ethyl adjacent to an activating group) is 1. The number of hydrogen-bond donors (Lipinski definition) is 1. The average molecular weight is 238 g/mol. The van der Waals surface area contributed by atoms with Gasteiger partial charge in [-0.15, -0.1) is 0 Å². The number of aryl methyl sites for hydroxylation is 1. The van der Waals surface area contributed by atoms with E-state index in [1.165, 1.54) is 5.56 Å². The second-order valence-electron chi connectivity index (χ2n) is 5.23. The molecular formula is C13H26N4. The van der Waals surface area contributed by atoms with E-state index in [1.807, 2.05) is 17.9 Å². The van der Waals surface area contributed by atoms with Crippen molar-refractivity contribution in [1.29, 1.82) is 0 Å². The molecule has 2 N–H and O–H groups in total. The van der Waals surface area contributed by atoms with Crippen LogP contribution in [-0.2, 0) is 7.05 Å². The molecule has 2 atom stereocenters. The van der Waals surface area contributed by atoms with Crippen molar-refractivity contribution in [2.45, 2.75) is 39.8 Å². The summed E-state index contributed by atoms with van der Waals surface area (Å²) in [6.45, 7) is 10.8. The van der Waals surface area contributed by atoms with Gasteiger partial charge in [0.15, 0.2) is 0 Å². The van der Waals surface area contributed by atoms with E-state index in [-0.39, 0.29) is 12.1 Å². The lowest BCUT2D eigenvalue weighted by Crippen LogP contribution is -2.41. The fourth-order valence-corrected chi connectivity index (χ4v) is 2.35. The molecule has 4 heteroatoms. The number of hydrogen-bond acceptors (Lipinski definition) is 3. The van der Waals surface area contributed by atoms with Gasteiger partial charge >= 0.3 is 0 Å². The Morgan fingerprint density at radius 1 is 1.41 bits per heavy atom. The van der Waals surface area contributed by atoms with Gasteiger partial charge in [0.1, 0.15) is 0 Å². The lowest BCUT2D eigenvalue weighted by Gasteiger charge is -2.34. The Bertz CT molecular complexity index is 330. The molecule has 0 saturated heterocycles. The highest BCUT2D eigenvalue weighted by Crippen LogP contribution is 2.23. The molecule has 17 heavy (non-hydrogen) atoms. The molecule has 0 aliphatic carbocycles. The summed E-state index contributed by atoms with van der Waals surface area (Å²) < 4.78 is 1.84. The van der Waals surface area contributed by atoms with E-state index in [0.29, 0.717) is 5.92 Å². The zero-order chi connectivity index (χ0) is 13.0. The van der Waals surface area contributed by atoms with Crippen LogP contribution >= 0.6 is 0 Å². The van der Waals surface area contributed by atoms with Gasteiger partial charge in [-0.3, -0.25) is 9.58 Å². The van der Waals surface area contributed by atoms with Crippen molar-refractivity contribution >= 4 is 0 Å². The first-order chi connectivity index (χ1) is 7.95. The van der Waals surface area contributed by atoms with Crippen molar-refractivity contribution in [1.82, 2.24) is 14.7 Å². The Balaban J connectivity index is 2.90. The molecule has 4 nitrogen and oxygen atoms in total. The quantitative estimate of drug-likeness (QED) is 0.822. The highest BCUT2D eigenvalue weighted by Gasteiger charge is 2.24. The standard InChI is InChI=1S/C13H26N4/c1-6-17(8-10(2)3)13(11(4)14)12-7-15-16(5)9-12/h7,9-11,13H,6,8,14H2,1-5H3. The van der Waals surface area contributed by atoms with Crippen molar-refractivity contribution in [3.8, 4) is 0 Å². The number of aromatic nitrogens is 2. The molecule has 2 unspecified atom stereocenters. The van der Waals surface area contributed by atoms with Gasteiger partial charge in [0.05, 0.1) is 12.2 Å². The Labute approximate surface area is 105 Å².